The molecule has 0 spiro atoms. The van der Waals surface area contributed by atoms with Crippen LogP contribution >= 0.6 is 0 Å². The second kappa shape index (κ2) is 8.16. The molecule has 0 bridgehead atoms. The van der Waals surface area contributed by atoms with Crippen LogP contribution in [0.4, 0.5) is 0 Å². The molecule has 3 heteroatoms. The number of methoxy groups -OCH3 is 1. The number of benzene rings is 2. The summed E-state index contributed by atoms with van der Waals surface area (Å²) in [5.41, 5.74) is 5.39. The first-order valence-corrected chi connectivity index (χ1v) is 9.64. The van der Waals surface area contributed by atoms with Crippen LogP contribution in [0.2, 0.25) is 0 Å². The Hall–Kier alpha value is -2.29. The van der Waals surface area contributed by atoms with Crippen molar-refractivity contribution in [3.8, 4) is 5.75 Å². The molecule has 0 aliphatic rings. The average Bonchev–Trinajstić information content (AvgIpc) is 2.60. The highest BCUT2D eigenvalue weighted by molar-refractivity contribution is 5.94. The van der Waals surface area contributed by atoms with Crippen LogP contribution in [0.25, 0.3) is 0 Å². The van der Waals surface area contributed by atoms with Gasteiger partial charge in [-0.05, 0) is 71.7 Å². The quantitative estimate of drug-likeness (QED) is 0.713. The Labute approximate surface area is 164 Å². The van der Waals surface area contributed by atoms with E-state index in [9.17, 15) is 4.79 Å². The van der Waals surface area contributed by atoms with Gasteiger partial charge in [-0.2, -0.15) is 0 Å². The lowest BCUT2D eigenvalue weighted by Gasteiger charge is -2.22. The van der Waals surface area contributed by atoms with Gasteiger partial charge in [0.05, 0.1) is 13.2 Å². The number of hydrogen-bond donors (Lipinski definition) is 1. The van der Waals surface area contributed by atoms with Gasteiger partial charge in [-0.25, -0.2) is 0 Å². The Morgan fingerprint density at radius 3 is 2.07 bits per heavy atom. The van der Waals surface area contributed by atoms with Crippen LogP contribution in [-0.4, -0.2) is 13.0 Å². The summed E-state index contributed by atoms with van der Waals surface area (Å²) in [5.74, 6) is 1.21. The molecule has 0 aliphatic carbocycles. The molecule has 27 heavy (non-hydrogen) atoms. The molecule has 0 saturated heterocycles. The molecule has 0 fully saturated rings. The van der Waals surface area contributed by atoms with Crippen LogP contribution in [0.3, 0.4) is 0 Å². The Balaban J connectivity index is 2.22. The van der Waals surface area contributed by atoms with Crippen molar-refractivity contribution >= 4 is 5.91 Å². The highest BCUT2D eigenvalue weighted by Gasteiger charge is 2.18. The van der Waals surface area contributed by atoms with E-state index in [1.165, 1.54) is 5.56 Å². The number of aryl methyl sites for hydroxylation is 1. The van der Waals surface area contributed by atoms with Crippen LogP contribution in [-0.2, 0) is 5.41 Å². The zero-order valence-corrected chi connectivity index (χ0v) is 17.9. The van der Waals surface area contributed by atoms with Crippen molar-refractivity contribution in [2.45, 2.75) is 65.8 Å². The van der Waals surface area contributed by atoms with E-state index < -0.39 is 0 Å². The van der Waals surface area contributed by atoms with Gasteiger partial charge in [0, 0.05) is 5.56 Å². The van der Waals surface area contributed by atoms with E-state index in [1.54, 1.807) is 7.11 Å². The third kappa shape index (κ3) is 4.91. The van der Waals surface area contributed by atoms with E-state index in [4.69, 9.17) is 4.74 Å². The molecule has 2 rings (SSSR count). The van der Waals surface area contributed by atoms with Crippen LogP contribution in [0.5, 0.6) is 5.75 Å². The zero-order chi connectivity index (χ0) is 20.4. The number of amides is 1. The predicted octanol–water partition coefficient (Wildman–Crippen LogP) is 5.92. The lowest BCUT2D eigenvalue weighted by atomic mass is 9.86. The summed E-state index contributed by atoms with van der Waals surface area (Å²) < 4.78 is 5.52. The Bertz CT molecular complexity index is 798. The van der Waals surface area contributed by atoms with Gasteiger partial charge in [-0.3, -0.25) is 4.79 Å². The minimum absolute atomic E-state index is 0.0516. The van der Waals surface area contributed by atoms with Crippen LogP contribution in [0.15, 0.2) is 36.4 Å². The lowest BCUT2D eigenvalue weighted by molar-refractivity contribution is 0.0939. The second-order valence-electron chi connectivity index (χ2n) is 8.63. The molecular weight excluding hydrogens is 334 g/mol. The Kier molecular flexibility index (Phi) is 6.35. The minimum atomic E-state index is -0.0804. The number of rotatable bonds is 5. The van der Waals surface area contributed by atoms with Gasteiger partial charge >= 0.3 is 0 Å². The smallest absolute Gasteiger partial charge is 0.251 e. The van der Waals surface area contributed by atoms with Gasteiger partial charge in [-0.15, -0.1) is 0 Å². The molecule has 3 nitrogen and oxygen atoms in total. The largest absolute Gasteiger partial charge is 0.496 e. The van der Waals surface area contributed by atoms with Gasteiger partial charge in [0.15, 0.2) is 0 Å². The molecule has 0 saturated carbocycles. The summed E-state index contributed by atoms with van der Waals surface area (Å²) in [6.45, 7) is 14.9. The van der Waals surface area contributed by atoms with Crippen molar-refractivity contribution in [3.63, 3.8) is 0 Å². The molecule has 2 aromatic rings. The third-order valence-electron chi connectivity index (χ3n) is 5.07. The van der Waals surface area contributed by atoms with E-state index in [-0.39, 0.29) is 17.4 Å². The maximum atomic E-state index is 12.7. The fourth-order valence-corrected chi connectivity index (χ4v) is 3.29. The van der Waals surface area contributed by atoms with E-state index in [2.05, 4.69) is 59.0 Å². The van der Waals surface area contributed by atoms with Crippen molar-refractivity contribution in [2.75, 3.05) is 7.11 Å². The standard InChI is InChI=1S/C24H33NO2/c1-15(2)20-14-21(16(3)13-22(20)27-8)17(4)25-23(26)18-9-11-19(12-10-18)24(5,6)7/h9-15,17H,1-8H3,(H,25,26)/t17-/m1/s1. The summed E-state index contributed by atoms with van der Waals surface area (Å²) >= 11 is 0. The van der Waals surface area contributed by atoms with Crippen molar-refractivity contribution in [3.05, 3.63) is 64.2 Å². The van der Waals surface area contributed by atoms with Gasteiger partial charge in [0.2, 0.25) is 0 Å². The molecule has 0 aromatic heterocycles. The highest BCUT2D eigenvalue weighted by Crippen LogP contribution is 2.32. The number of carbonyl (C=O) groups excluding carboxylic acids is 1. The number of hydrogen-bond acceptors (Lipinski definition) is 2. The molecule has 1 atom stereocenters. The summed E-state index contributed by atoms with van der Waals surface area (Å²) in [6, 6.07) is 12.0. The predicted molar refractivity (Wildman–Crippen MR) is 113 cm³/mol. The molecule has 0 heterocycles. The normalized spacial score (nSPS) is 12.8. The average molecular weight is 368 g/mol. The highest BCUT2D eigenvalue weighted by atomic mass is 16.5. The van der Waals surface area contributed by atoms with Gasteiger partial charge in [-0.1, -0.05) is 46.8 Å². The monoisotopic (exact) mass is 367 g/mol. The van der Waals surface area contributed by atoms with E-state index in [0.717, 1.165) is 22.4 Å². The number of carbonyl (C=O) groups is 1. The molecule has 0 radical (unpaired) electrons. The molecule has 146 valence electrons. The number of nitrogens with one attached hydrogen (secondary N) is 1. The molecule has 2 aromatic carbocycles. The zero-order valence-electron chi connectivity index (χ0n) is 17.9. The fourth-order valence-electron chi connectivity index (χ4n) is 3.29. The Morgan fingerprint density at radius 1 is 1.00 bits per heavy atom. The first-order valence-electron chi connectivity index (χ1n) is 9.64. The fraction of sp³-hybridized carbons (Fsp3) is 0.458. The van der Waals surface area contributed by atoms with Gasteiger partial charge in [0.1, 0.15) is 5.75 Å². The first-order chi connectivity index (χ1) is 12.5. The SMILES string of the molecule is COc1cc(C)c([C@@H](C)NC(=O)c2ccc(C(C)(C)C)cc2)cc1C(C)C. The summed E-state index contributed by atoms with van der Waals surface area (Å²) in [5, 5.41) is 3.14. The third-order valence-corrected chi connectivity index (χ3v) is 5.07. The van der Waals surface area contributed by atoms with Gasteiger partial charge < -0.3 is 10.1 Å². The molecular formula is C24H33NO2. The maximum Gasteiger partial charge on any atom is 0.251 e. The molecule has 0 aliphatic heterocycles. The second-order valence-corrected chi connectivity index (χ2v) is 8.63. The molecule has 0 unspecified atom stereocenters. The van der Waals surface area contributed by atoms with Crippen LogP contribution in [0, 0.1) is 6.92 Å². The van der Waals surface area contributed by atoms with Crippen LogP contribution < -0.4 is 10.1 Å². The summed E-state index contributed by atoms with van der Waals surface area (Å²) in [4.78, 5) is 12.7. The summed E-state index contributed by atoms with van der Waals surface area (Å²) in [7, 11) is 1.70. The van der Waals surface area contributed by atoms with E-state index in [0.29, 0.717) is 11.5 Å². The molecule has 1 amide bonds. The Morgan fingerprint density at radius 2 is 1.59 bits per heavy atom. The first kappa shape index (κ1) is 21.0. The van der Waals surface area contributed by atoms with E-state index >= 15 is 0 Å². The van der Waals surface area contributed by atoms with Crippen molar-refractivity contribution in [1.29, 1.82) is 0 Å². The maximum absolute atomic E-state index is 12.7. The lowest BCUT2D eigenvalue weighted by Crippen LogP contribution is -2.27. The summed E-state index contributed by atoms with van der Waals surface area (Å²) in [6.07, 6.45) is 0. The van der Waals surface area contributed by atoms with Crippen LogP contribution in [0.1, 0.15) is 86.1 Å². The topological polar surface area (TPSA) is 38.3 Å². The minimum Gasteiger partial charge on any atom is -0.496 e. The van der Waals surface area contributed by atoms with Crippen molar-refractivity contribution in [2.24, 2.45) is 0 Å². The molecule has 1 N–H and O–H groups in total. The van der Waals surface area contributed by atoms with Crippen molar-refractivity contribution in [1.82, 2.24) is 5.32 Å². The van der Waals surface area contributed by atoms with E-state index in [1.807, 2.05) is 31.2 Å². The number of ether oxygens (including phenoxy) is 1. The van der Waals surface area contributed by atoms with Crippen molar-refractivity contribution < 1.29 is 9.53 Å². The van der Waals surface area contributed by atoms with Gasteiger partial charge in [0.25, 0.3) is 5.91 Å².